The lowest BCUT2D eigenvalue weighted by atomic mass is 10.1. The van der Waals surface area contributed by atoms with Crippen LogP contribution in [0.3, 0.4) is 0 Å². The molecule has 0 N–H and O–H groups in total. The molecule has 2 aromatic carbocycles. The number of hydrogen-bond acceptors (Lipinski definition) is 7. The molecule has 0 bridgehead atoms. The van der Waals surface area contributed by atoms with Gasteiger partial charge in [0, 0.05) is 48.3 Å². The fourth-order valence-electron chi connectivity index (χ4n) is 3.85. The van der Waals surface area contributed by atoms with Crippen LogP contribution in [0.2, 0.25) is 0 Å². The van der Waals surface area contributed by atoms with Crippen LogP contribution in [0.5, 0.6) is 11.5 Å². The van der Waals surface area contributed by atoms with E-state index in [2.05, 4.69) is 34.0 Å². The summed E-state index contributed by atoms with van der Waals surface area (Å²) >= 11 is 1.61. The minimum atomic E-state index is 0.188. The number of likely N-dealkylation sites (tertiary alicyclic amines) is 1. The van der Waals surface area contributed by atoms with Crippen molar-refractivity contribution >= 4 is 17.2 Å². The lowest BCUT2D eigenvalue weighted by Gasteiger charge is -2.19. The number of ether oxygens (including phenoxy) is 1. The highest BCUT2D eigenvalue weighted by Gasteiger charge is 2.22. The van der Waals surface area contributed by atoms with Crippen molar-refractivity contribution in [1.82, 2.24) is 25.1 Å². The largest absolute Gasteiger partial charge is 0.457 e. The van der Waals surface area contributed by atoms with Crippen LogP contribution in [0, 0.1) is 0 Å². The summed E-state index contributed by atoms with van der Waals surface area (Å²) in [5.74, 6) is 1.97. The molecule has 1 amide bonds. The maximum atomic E-state index is 12.2. The Morgan fingerprint density at radius 3 is 2.56 bits per heavy atom. The number of hydrogen-bond donors (Lipinski definition) is 0. The number of carbonyl (C=O) groups is 1. The van der Waals surface area contributed by atoms with Gasteiger partial charge in [0.1, 0.15) is 27.8 Å². The Labute approximate surface area is 202 Å². The maximum absolute atomic E-state index is 12.2. The predicted molar refractivity (Wildman–Crippen MR) is 132 cm³/mol. The Morgan fingerprint density at radius 1 is 1.06 bits per heavy atom. The van der Waals surface area contributed by atoms with Crippen molar-refractivity contribution in [2.75, 3.05) is 6.54 Å². The van der Waals surface area contributed by atoms with Gasteiger partial charge in [0.15, 0.2) is 0 Å². The minimum Gasteiger partial charge on any atom is -0.457 e. The lowest BCUT2D eigenvalue weighted by molar-refractivity contribution is -0.128. The molecule has 0 unspecified atom stereocenters. The third-order valence-electron chi connectivity index (χ3n) is 5.74. The minimum absolute atomic E-state index is 0.188. The molecule has 1 aliphatic heterocycles. The van der Waals surface area contributed by atoms with E-state index in [9.17, 15) is 4.79 Å². The van der Waals surface area contributed by atoms with E-state index < -0.39 is 0 Å². The van der Waals surface area contributed by atoms with E-state index in [4.69, 9.17) is 4.74 Å². The Morgan fingerprint density at radius 2 is 1.88 bits per heavy atom. The van der Waals surface area contributed by atoms with Crippen molar-refractivity contribution in [3.8, 4) is 33.3 Å². The molecular weight excluding hydrogens is 446 g/mol. The van der Waals surface area contributed by atoms with Gasteiger partial charge >= 0.3 is 0 Å². The standard InChI is InChI=1S/C26H25N5O2S/c1-17(2)25-29-30-26(34-25)18-7-9-21(10-8-18)33-23-14-19(22-11-12-27-16-28-22)5-6-20(23)15-31-13-3-4-24(31)32/h5-12,14,16-17H,3-4,13,15H2,1-2H3. The molecule has 0 aliphatic carbocycles. The first-order valence-electron chi connectivity index (χ1n) is 11.4. The molecule has 1 fully saturated rings. The van der Waals surface area contributed by atoms with Gasteiger partial charge in [-0.15, -0.1) is 10.2 Å². The van der Waals surface area contributed by atoms with Crippen LogP contribution in [0.4, 0.5) is 0 Å². The Balaban J connectivity index is 1.42. The molecule has 4 aromatic rings. The molecule has 5 rings (SSSR count). The van der Waals surface area contributed by atoms with Crippen LogP contribution in [0.25, 0.3) is 21.8 Å². The second-order valence-corrected chi connectivity index (χ2v) is 9.57. The van der Waals surface area contributed by atoms with Crippen LogP contribution in [-0.4, -0.2) is 37.5 Å². The first-order valence-corrected chi connectivity index (χ1v) is 12.2. The molecule has 8 heteroatoms. The molecule has 34 heavy (non-hydrogen) atoms. The zero-order valence-electron chi connectivity index (χ0n) is 19.1. The van der Waals surface area contributed by atoms with Crippen molar-refractivity contribution in [3.63, 3.8) is 0 Å². The van der Waals surface area contributed by atoms with Crippen molar-refractivity contribution in [1.29, 1.82) is 0 Å². The number of nitrogens with zero attached hydrogens (tertiary/aromatic N) is 5. The van der Waals surface area contributed by atoms with Gasteiger partial charge in [-0.05, 0) is 42.8 Å². The third-order valence-corrected chi connectivity index (χ3v) is 7.01. The number of carbonyl (C=O) groups excluding carboxylic acids is 1. The van der Waals surface area contributed by atoms with E-state index in [1.54, 1.807) is 17.5 Å². The molecule has 1 saturated heterocycles. The van der Waals surface area contributed by atoms with Gasteiger partial charge in [0.2, 0.25) is 5.91 Å². The van der Waals surface area contributed by atoms with E-state index in [0.29, 0.717) is 30.4 Å². The van der Waals surface area contributed by atoms with E-state index in [1.807, 2.05) is 53.4 Å². The SMILES string of the molecule is CC(C)c1nnc(-c2ccc(Oc3cc(-c4ccncn4)ccc3CN3CCCC3=O)cc2)s1. The van der Waals surface area contributed by atoms with Crippen molar-refractivity contribution < 1.29 is 9.53 Å². The molecule has 7 nitrogen and oxygen atoms in total. The highest BCUT2D eigenvalue weighted by molar-refractivity contribution is 7.14. The summed E-state index contributed by atoms with van der Waals surface area (Å²) in [7, 11) is 0. The first kappa shape index (κ1) is 22.2. The predicted octanol–water partition coefficient (Wildman–Crippen LogP) is 5.70. The molecular formula is C26H25N5O2S. The number of rotatable bonds is 7. The van der Waals surface area contributed by atoms with Crippen LogP contribution in [0.1, 0.15) is 43.2 Å². The quantitative estimate of drug-likeness (QED) is 0.344. The van der Waals surface area contributed by atoms with Gasteiger partial charge in [-0.1, -0.05) is 37.3 Å². The van der Waals surface area contributed by atoms with E-state index >= 15 is 0 Å². The van der Waals surface area contributed by atoms with Crippen molar-refractivity contribution in [2.24, 2.45) is 0 Å². The van der Waals surface area contributed by atoms with Crippen LogP contribution < -0.4 is 4.74 Å². The van der Waals surface area contributed by atoms with Gasteiger partial charge in [0.05, 0.1) is 5.69 Å². The fraction of sp³-hybridized carbons (Fsp3) is 0.269. The van der Waals surface area contributed by atoms with Gasteiger partial charge in [-0.2, -0.15) is 0 Å². The number of benzene rings is 2. The average molecular weight is 472 g/mol. The zero-order valence-corrected chi connectivity index (χ0v) is 20.0. The monoisotopic (exact) mass is 471 g/mol. The summed E-state index contributed by atoms with van der Waals surface area (Å²) in [6.07, 6.45) is 4.76. The third kappa shape index (κ3) is 4.82. The van der Waals surface area contributed by atoms with Crippen molar-refractivity contribution in [2.45, 2.75) is 39.2 Å². The van der Waals surface area contributed by atoms with E-state index in [0.717, 1.165) is 45.4 Å². The average Bonchev–Trinajstić information content (AvgIpc) is 3.51. The summed E-state index contributed by atoms with van der Waals surface area (Å²) < 4.78 is 6.34. The molecule has 0 saturated carbocycles. The molecule has 0 atom stereocenters. The lowest BCUT2D eigenvalue weighted by Crippen LogP contribution is -2.24. The van der Waals surface area contributed by atoms with E-state index in [-0.39, 0.29) is 5.91 Å². The molecule has 172 valence electrons. The zero-order chi connectivity index (χ0) is 23.5. The van der Waals surface area contributed by atoms with Crippen LogP contribution in [0.15, 0.2) is 61.1 Å². The summed E-state index contributed by atoms with van der Waals surface area (Å²) in [6, 6.07) is 15.7. The molecule has 1 aliphatic rings. The summed E-state index contributed by atoms with van der Waals surface area (Å²) in [4.78, 5) is 22.5. The van der Waals surface area contributed by atoms with Crippen molar-refractivity contribution in [3.05, 3.63) is 71.6 Å². The molecule has 2 aromatic heterocycles. The Kier molecular flexibility index (Phi) is 6.31. The second-order valence-electron chi connectivity index (χ2n) is 8.56. The van der Waals surface area contributed by atoms with Gasteiger partial charge in [-0.25, -0.2) is 9.97 Å². The normalized spacial score (nSPS) is 13.6. The number of aromatic nitrogens is 4. The first-order chi connectivity index (χ1) is 16.6. The highest BCUT2D eigenvalue weighted by Crippen LogP contribution is 2.34. The van der Waals surface area contributed by atoms with Crippen LogP contribution in [-0.2, 0) is 11.3 Å². The topological polar surface area (TPSA) is 81.1 Å². The summed E-state index contributed by atoms with van der Waals surface area (Å²) in [6.45, 7) is 5.54. The highest BCUT2D eigenvalue weighted by atomic mass is 32.1. The van der Waals surface area contributed by atoms with Gasteiger partial charge in [0.25, 0.3) is 0 Å². The summed E-state index contributed by atoms with van der Waals surface area (Å²) in [5.41, 5.74) is 3.72. The van der Waals surface area contributed by atoms with E-state index in [1.165, 1.54) is 6.33 Å². The molecule has 0 radical (unpaired) electrons. The Bertz CT molecular complexity index is 1290. The smallest absolute Gasteiger partial charge is 0.222 e. The molecule has 3 heterocycles. The fourth-order valence-corrected chi connectivity index (χ4v) is 4.71. The Hall–Kier alpha value is -3.65. The maximum Gasteiger partial charge on any atom is 0.222 e. The van der Waals surface area contributed by atoms with Crippen LogP contribution >= 0.6 is 11.3 Å². The number of amides is 1. The second kappa shape index (κ2) is 9.69. The molecule has 0 spiro atoms. The van der Waals surface area contributed by atoms with Gasteiger partial charge < -0.3 is 9.64 Å². The van der Waals surface area contributed by atoms with Gasteiger partial charge in [-0.3, -0.25) is 4.79 Å². The summed E-state index contributed by atoms with van der Waals surface area (Å²) in [5, 5.41) is 10.5.